The number of nitrogen functional groups attached to an aromatic ring is 1. The van der Waals surface area contributed by atoms with Gasteiger partial charge < -0.3 is 10.5 Å². The summed E-state index contributed by atoms with van der Waals surface area (Å²) in [6.45, 7) is 8.45. The monoisotopic (exact) mass is 256 g/mol. The van der Waals surface area contributed by atoms with Gasteiger partial charge >= 0.3 is 0 Å². The summed E-state index contributed by atoms with van der Waals surface area (Å²) in [7, 11) is 0. The molecule has 2 aromatic rings. The number of rotatable bonds is 2. The van der Waals surface area contributed by atoms with Crippen LogP contribution in [0.25, 0.3) is 0 Å². The highest BCUT2D eigenvalue weighted by molar-refractivity contribution is 5.48. The minimum Gasteiger partial charge on any atom is -0.439 e. The lowest BCUT2D eigenvalue weighted by Crippen LogP contribution is -2.11. The molecule has 0 radical (unpaired) electrons. The van der Waals surface area contributed by atoms with E-state index in [-0.39, 0.29) is 5.41 Å². The van der Waals surface area contributed by atoms with Crippen LogP contribution in [-0.4, -0.2) is 4.98 Å². The first kappa shape index (κ1) is 13.4. The number of ether oxygens (including phenoxy) is 1. The SMILES string of the molecule is Cc1cc(N)ccc1Oc1ccc(C(C)(C)C)cn1. The normalized spacial score (nSPS) is 11.4. The van der Waals surface area contributed by atoms with Crippen molar-refractivity contribution in [1.82, 2.24) is 4.98 Å². The summed E-state index contributed by atoms with van der Waals surface area (Å²) in [6, 6.07) is 9.53. The lowest BCUT2D eigenvalue weighted by molar-refractivity contribution is 0.457. The Labute approximate surface area is 114 Å². The Hall–Kier alpha value is -2.03. The first-order valence-corrected chi connectivity index (χ1v) is 6.37. The molecule has 1 heterocycles. The second-order valence-corrected chi connectivity index (χ2v) is 5.76. The number of anilines is 1. The number of hydrogen-bond donors (Lipinski definition) is 1. The van der Waals surface area contributed by atoms with Crippen LogP contribution in [0.2, 0.25) is 0 Å². The summed E-state index contributed by atoms with van der Waals surface area (Å²) in [4.78, 5) is 4.35. The molecule has 3 nitrogen and oxygen atoms in total. The molecule has 0 unspecified atom stereocenters. The molecule has 1 aromatic carbocycles. The number of nitrogens with two attached hydrogens (primary N) is 1. The number of pyridine rings is 1. The fourth-order valence-corrected chi connectivity index (χ4v) is 1.78. The van der Waals surface area contributed by atoms with Crippen LogP contribution in [0, 0.1) is 6.92 Å². The fourth-order valence-electron chi connectivity index (χ4n) is 1.78. The van der Waals surface area contributed by atoms with Gasteiger partial charge in [-0.25, -0.2) is 4.98 Å². The molecule has 0 fully saturated rings. The quantitative estimate of drug-likeness (QED) is 0.824. The Morgan fingerprint density at radius 1 is 1.11 bits per heavy atom. The van der Waals surface area contributed by atoms with Crippen molar-refractivity contribution >= 4 is 5.69 Å². The van der Waals surface area contributed by atoms with Crippen molar-refractivity contribution in [2.75, 3.05) is 5.73 Å². The van der Waals surface area contributed by atoms with Gasteiger partial charge in [0, 0.05) is 18.0 Å². The van der Waals surface area contributed by atoms with Gasteiger partial charge in [0.25, 0.3) is 0 Å². The third-order valence-corrected chi connectivity index (χ3v) is 3.02. The molecular formula is C16H20N2O. The lowest BCUT2D eigenvalue weighted by atomic mass is 9.88. The highest BCUT2D eigenvalue weighted by Crippen LogP contribution is 2.27. The van der Waals surface area contributed by atoms with Gasteiger partial charge in [-0.05, 0) is 41.7 Å². The molecule has 0 saturated heterocycles. The molecule has 3 heteroatoms. The molecule has 0 spiro atoms. The van der Waals surface area contributed by atoms with Crippen molar-refractivity contribution in [3.63, 3.8) is 0 Å². The standard InChI is InChI=1S/C16H20N2O/c1-11-9-13(17)6-7-14(11)19-15-8-5-12(10-18-15)16(2,3)4/h5-10H,17H2,1-4H3. The number of aryl methyl sites for hydroxylation is 1. The molecule has 19 heavy (non-hydrogen) atoms. The summed E-state index contributed by atoms with van der Waals surface area (Å²) in [5, 5.41) is 0. The van der Waals surface area contributed by atoms with Crippen molar-refractivity contribution < 1.29 is 4.74 Å². The second-order valence-electron chi connectivity index (χ2n) is 5.76. The topological polar surface area (TPSA) is 48.1 Å². The fraction of sp³-hybridized carbons (Fsp3) is 0.312. The average Bonchev–Trinajstić information content (AvgIpc) is 2.32. The number of hydrogen-bond acceptors (Lipinski definition) is 3. The third kappa shape index (κ3) is 3.25. The molecular weight excluding hydrogens is 236 g/mol. The zero-order chi connectivity index (χ0) is 14.0. The van der Waals surface area contributed by atoms with Gasteiger partial charge in [0.15, 0.2) is 0 Å². The van der Waals surface area contributed by atoms with Gasteiger partial charge in [-0.1, -0.05) is 26.8 Å². The van der Waals surface area contributed by atoms with E-state index in [2.05, 4.69) is 31.8 Å². The van der Waals surface area contributed by atoms with Crippen LogP contribution in [0.15, 0.2) is 36.5 Å². The zero-order valence-corrected chi connectivity index (χ0v) is 11.9. The summed E-state index contributed by atoms with van der Waals surface area (Å²) in [5.41, 5.74) is 8.74. The summed E-state index contributed by atoms with van der Waals surface area (Å²) in [5.74, 6) is 1.38. The van der Waals surface area contributed by atoms with E-state index in [9.17, 15) is 0 Å². The van der Waals surface area contributed by atoms with Crippen molar-refractivity contribution in [2.45, 2.75) is 33.1 Å². The van der Waals surface area contributed by atoms with Gasteiger partial charge in [-0.3, -0.25) is 0 Å². The molecule has 100 valence electrons. The van der Waals surface area contributed by atoms with Crippen molar-refractivity contribution in [2.24, 2.45) is 0 Å². The molecule has 0 bridgehead atoms. The smallest absolute Gasteiger partial charge is 0.219 e. The van der Waals surface area contributed by atoms with Gasteiger partial charge in [-0.2, -0.15) is 0 Å². The number of aromatic nitrogens is 1. The van der Waals surface area contributed by atoms with E-state index in [4.69, 9.17) is 10.5 Å². The molecule has 2 N–H and O–H groups in total. The van der Waals surface area contributed by atoms with E-state index < -0.39 is 0 Å². The highest BCUT2D eigenvalue weighted by atomic mass is 16.5. The summed E-state index contributed by atoms with van der Waals surface area (Å²) in [6.07, 6.45) is 1.86. The predicted octanol–water partition coefficient (Wildman–Crippen LogP) is 4.06. The average molecular weight is 256 g/mol. The molecule has 0 saturated carbocycles. The largest absolute Gasteiger partial charge is 0.439 e. The Bertz CT molecular complexity index is 568. The minimum atomic E-state index is 0.0998. The first-order valence-electron chi connectivity index (χ1n) is 6.37. The summed E-state index contributed by atoms with van der Waals surface area (Å²) >= 11 is 0. The Morgan fingerprint density at radius 3 is 2.37 bits per heavy atom. The van der Waals surface area contributed by atoms with Crippen LogP contribution < -0.4 is 10.5 Å². The molecule has 2 rings (SSSR count). The Kier molecular flexibility index (Phi) is 3.47. The highest BCUT2D eigenvalue weighted by Gasteiger charge is 2.14. The predicted molar refractivity (Wildman–Crippen MR) is 78.6 cm³/mol. The van der Waals surface area contributed by atoms with E-state index in [1.54, 1.807) is 0 Å². The van der Waals surface area contributed by atoms with E-state index in [1.165, 1.54) is 5.56 Å². The van der Waals surface area contributed by atoms with Crippen molar-refractivity contribution in [1.29, 1.82) is 0 Å². The van der Waals surface area contributed by atoms with Crippen LogP contribution in [0.1, 0.15) is 31.9 Å². The molecule has 0 atom stereocenters. The van der Waals surface area contributed by atoms with Crippen LogP contribution in [-0.2, 0) is 5.41 Å². The molecule has 0 aliphatic carbocycles. The van der Waals surface area contributed by atoms with Crippen LogP contribution >= 0.6 is 0 Å². The van der Waals surface area contributed by atoms with E-state index >= 15 is 0 Å². The van der Waals surface area contributed by atoms with Gasteiger partial charge in [0.1, 0.15) is 5.75 Å². The maximum atomic E-state index is 5.77. The van der Waals surface area contributed by atoms with Crippen molar-refractivity contribution in [3.05, 3.63) is 47.7 Å². The molecule has 0 aliphatic rings. The Morgan fingerprint density at radius 2 is 1.84 bits per heavy atom. The lowest BCUT2D eigenvalue weighted by Gasteiger charge is -2.18. The minimum absolute atomic E-state index is 0.0998. The van der Waals surface area contributed by atoms with Gasteiger partial charge in [0.2, 0.25) is 5.88 Å². The first-order chi connectivity index (χ1) is 8.86. The third-order valence-electron chi connectivity index (χ3n) is 3.02. The maximum Gasteiger partial charge on any atom is 0.219 e. The van der Waals surface area contributed by atoms with Crippen LogP contribution in [0.3, 0.4) is 0 Å². The van der Waals surface area contributed by atoms with Crippen molar-refractivity contribution in [3.8, 4) is 11.6 Å². The second kappa shape index (κ2) is 4.92. The van der Waals surface area contributed by atoms with E-state index in [1.807, 2.05) is 37.4 Å². The van der Waals surface area contributed by atoms with E-state index in [0.29, 0.717) is 5.88 Å². The van der Waals surface area contributed by atoms with Crippen LogP contribution in [0.4, 0.5) is 5.69 Å². The number of benzene rings is 1. The summed E-state index contributed by atoms with van der Waals surface area (Å²) < 4.78 is 5.77. The molecule has 0 amide bonds. The number of nitrogens with zero attached hydrogens (tertiary/aromatic N) is 1. The van der Waals surface area contributed by atoms with Gasteiger partial charge in [-0.15, -0.1) is 0 Å². The maximum absolute atomic E-state index is 5.77. The van der Waals surface area contributed by atoms with Gasteiger partial charge in [0.05, 0.1) is 0 Å². The molecule has 1 aromatic heterocycles. The Balaban J connectivity index is 2.20. The molecule has 0 aliphatic heterocycles. The zero-order valence-electron chi connectivity index (χ0n) is 11.9. The van der Waals surface area contributed by atoms with Crippen LogP contribution in [0.5, 0.6) is 11.6 Å². The van der Waals surface area contributed by atoms with E-state index in [0.717, 1.165) is 17.0 Å².